The molecule has 198 valence electrons. The van der Waals surface area contributed by atoms with Crippen molar-refractivity contribution in [1.82, 2.24) is 4.57 Å². The predicted molar refractivity (Wildman–Crippen MR) is 139 cm³/mol. The van der Waals surface area contributed by atoms with Crippen molar-refractivity contribution < 1.29 is 33.4 Å². The van der Waals surface area contributed by atoms with Crippen molar-refractivity contribution in [2.45, 2.75) is 32.7 Å². The smallest absolute Gasteiger partial charge is 0.287 e. The highest BCUT2D eigenvalue weighted by atomic mass is 35.7. The van der Waals surface area contributed by atoms with Gasteiger partial charge in [-0.3, -0.25) is 0 Å². The molecule has 0 bridgehead atoms. The van der Waals surface area contributed by atoms with Crippen molar-refractivity contribution in [3.63, 3.8) is 0 Å². The van der Waals surface area contributed by atoms with Gasteiger partial charge in [-0.25, -0.2) is 23.2 Å². The van der Waals surface area contributed by atoms with Gasteiger partial charge in [0.05, 0.1) is 6.54 Å². The van der Waals surface area contributed by atoms with E-state index in [1.807, 2.05) is 12.1 Å². The Bertz CT molecular complexity index is 1500. The van der Waals surface area contributed by atoms with E-state index in [-0.39, 0.29) is 5.41 Å². The molecular weight excluding hydrogens is 525 g/mol. The number of likely N-dealkylation sites (N-methyl/N-ethyl adjacent to an activating group) is 1. The minimum atomic E-state index is -4.94. The minimum absolute atomic E-state index is 0.0456. The lowest BCUT2D eigenvalue weighted by Crippen LogP contribution is -2.68. The Hall–Kier alpha value is -3.17. The SMILES string of the molecule is CC[n+]1c(/C=C/C=C2\N(C)c3ccccc3C2(C)C)n(-c2ccccc2)c2cc(Cl)ccc21.[O-][Cl+3]([O-])([O-])[O-]. The summed E-state index contributed by atoms with van der Waals surface area (Å²) in [7, 11) is -2.79. The topological polar surface area (TPSA) is 104 Å². The summed E-state index contributed by atoms with van der Waals surface area (Å²) in [4.78, 5) is 2.31. The molecular formula is C29H29Cl2N3O4. The summed E-state index contributed by atoms with van der Waals surface area (Å²) in [5.41, 5.74) is 7.28. The molecule has 0 unspecified atom stereocenters. The molecule has 0 saturated heterocycles. The second-order valence-corrected chi connectivity index (χ2v) is 10.6. The number of halogens is 2. The molecule has 1 aliphatic heterocycles. The summed E-state index contributed by atoms with van der Waals surface area (Å²) in [6.45, 7) is 7.64. The van der Waals surface area contributed by atoms with Gasteiger partial charge in [0.15, 0.2) is 11.0 Å². The zero-order chi connectivity index (χ0) is 27.7. The van der Waals surface area contributed by atoms with E-state index in [1.165, 1.54) is 22.5 Å². The molecule has 7 nitrogen and oxygen atoms in total. The Labute approximate surface area is 229 Å². The number of imidazole rings is 1. The number of nitrogens with zero attached hydrogens (tertiary/aromatic N) is 3. The number of aryl methyl sites for hydroxylation is 1. The number of hydrogen-bond acceptors (Lipinski definition) is 5. The minimum Gasteiger partial charge on any atom is -0.347 e. The van der Waals surface area contributed by atoms with Gasteiger partial charge < -0.3 is 4.90 Å². The van der Waals surface area contributed by atoms with Crippen LogP contribution in [0.1, 0.15) is 32.2 Å². The van der Waals surface area contributed by atoms with Crippen molar-refractivity contribution in [1.29, 1.82) is 0 Å². The molecule has 3 aromatic carbocycles. The number of para-hydroxylation sites is 2. The third kappa shape index (κ3) is 5.63. The Balaban J connectivity index is 0.000000617. The number of benzene rings is 3. The van der Waals surface area contributed by atoms with Crippen molar-refractivity contribution in [3.8, 4) is 5.69 Å². The van der Waals surface area contributed by atoms with Crippen molar-refractivity contribution in [2.75, 3.05) is 11.9 Å². The van der Waals surface area contributed by atoms with Crippen LogP contribution < -0.4 is 28.1 Å². The first-order chi connectivity index (χ1) is 17.9. The molecule has 0 saturated carbocycles. The first-order valence-corrected chi connectivity index (χ1v) is 13.7. The Morgan fingerprint density at radius 1 is 0.947 bits per heavy atom. The highest BCUT2D eigenvalue weighted by Crippen LogP contribution is 2.46. The third-order valence-corrected chi connectivity index (χ3v) is 6.98. The molecule has 1 aromatic heterocycles. The average Bonchev–Trinajstić information content (AvgIpc) is 3.27. The molecule has 0 aliphatic carbocycles. The van der Waals surface area contributed by atoms with E-state index in [0.29, 0.717) is 0 Å². The summed E-state index contributed by atoms with van der Waals surface area (Å²) in [5.74, 6) is 1.12. The van der Waals surface area contributed by atoms with Gasteiger partial charge in [0, 0.05) is 41.0 Å². The largest absolute Gasteiger partial charge is 0.347 e. The van der Waals surface area contributed by atoms with Crippen LogP contribution >= 0.6 is 11.6 Å². The van der Waals surface area contributed by atoms with Crippen LogP contribution in [-0.4, -0.2) is 11.6 Å². The van der Waals surface area contributed by atoms with Crippen LogP contribution in [0.4, 0.5) is 5.69 Å². The maximum atomic E-state index is 8.49. The van der Waals surface area contributed by atoms with Crippen LogP contribution in [0.2, 0.25) is 5.02 Å². The molecule has 0 fully saturated rings. The second kappa shape index (κ2) is 10.9. The standard InChI is InChI=1S/C29H29ClN3.ClHO4/c1-5-32-25-19-18-21(30)20-26(25)33(22-12-7-6-8-13-22)28(32)17-11-16-27-29(2,3)23-14-9-10-15-24(23)31(27)4;2-1(3,4)5/h6-20H,5H2,1-4H3;(H,2,3,4,5)/q+1;/p-1. The fraction of sp³-hybridized carbons (Fsp3) is 0.207. The van der Waals surface area contributed by atoms with Gasteiger partial charge in [-0.1, -0.05) is 67.9 Å². The van der Waals surface area contributed by atoms with Crippen LogP contribution in [0.15, 0.2) is 90.6 Å². The van der Waals surface area contributed by atoms with Crippen LogP contribution in [0.5, 0.6) is 0 Å². The molecule has 4 aromatic rings. The normalized spacial score (nSPS) is 15.7. The number of allylic oxidation sites excluding steroid dienone is 3. The van der Waals surface area contributed by atoms with E-state index < -0.39 is 10.2 Å². The van der Waals surface area contributed by atoms with E-state index in [0.717, 1.165) is 28.6 Å². The van der Waals surface area contributed by atoms with Gasteiger partial charge in [-0.05, 0) is 48.9 Å². The van der Waals surface area contributed by atoms with Crippen LogP contribution in [-0.2, 0) is 12.0 Å². The van der Waals surface area contributed by atoms with Gasteiger partial charge in [-0.15, -0.1) is 10.2 Å². The monoisotopic (exact) mass is 553 g/mol. The molecule has 38 heavy (non-hydrogen) atoms. The van der Waals surface area contributed by atoms with Gasteiger partial charge in [0.2, 0.25) is 0 Å². The summed E-state index contributed by atoms with van der Waals surface area (Å²) in [6.07, 6.45) is 6.64. The Morgan fingerprint density at radius 2 is 1.58 bits per heavy atom. The van der Waals surface area contributed by atoms with Gasteiger partial charge in [0.1, 0.15) is 5.69 Å². The first-order valence-electron chi connectivity index (χ1n) is 12.1. The van der Waals surface area contributed by atoms with E-state index in [9.17, 15) is 0 Å². The van der Waals surface area contributed by atoms with E-state index in [1.54, 1.807) is 0 Å². The number of hydrogen-bond donors (Lipinski definition) is 0. The van der Waals surface area contributed by atoms with Gasteiger partial charge in [-0.2, -0.15) is 4.57 Å². The lowest BCUT2D eigenvalue weighted by molar-refractivity contribution is -2.00. The van der Waals surface area contributed by atoms with Gasteiger partial charge >= 0.3 is 0 Å². The zero-order valence-corrected chi connectivity index (χ0v) is 23.1. The molecule has 0 spiro atoms. The molecule has 9 heteroatoms. The summed E-state index contributed by atoms with van der Waals surface area (Å²) in [6, 6.07) is 25.3. The Morgan fingerprint density at radius 3 is 2.21 bits per heavy atom. The molecule has 0 radical (unpaired) electrons. The highest BCUT2D eigenvalue weighted by molar-refractivity contribution is 6.31. The Kier molecular flexibility index (Phi) is 7.99. The zero-order valence-electron chi connectivity index (χ0n) is 21.6. The van der Waals surface area contributed by atoms with Crippen molar-refractivity contribution >= 4 is 34.4 Å². The van der Waals surface area contributed by atoms with E-state index >= 15 is 0 Å². The predicted octanol–water partition coefficient (Wildman–Crippen LogP) is 2.16. The van der Waals surface area contributed by atoms with Gasteiger partial charge in [0.25, 0.3) is 5.82 Å². The average molecular weight is 554 g/mol. The number of rotatable bonds is 4. The molecule has 0 N–H and O–H groups in total. The molecule has 5 rings (SSSR count). The fourth-order valence-corrected chi connectivity index (χ4v) is 5.31. The fourth-order valence-electron chi connectivity index (χ4n) is 5.14. The number of aromatic nitrogens is 2. The molecule has 0 amide bonds. The van der Waals surface area contributed by atoms with Crippen LogP contribution in [0.25, 0.3) is 22.8 Å². The summed E-state index contributed by atoms with van der Waals surface area (Å²) < 4.78 is 38.6. The van der Waals surface area contributed by atoms with Crippen molar-refractivity contribution in [2.24, 2.45) is 0 Å². The van der Waals surface area contributed by atoms with E-state index in [2.05, 4.69) is 121 Å². The maximum Gasteiger partial charge on any atom is 0.287 e. The quantitative estimate of drug-likeness (QED) is 0.360. The number of fused-ring (bicyclic) bond motifs is 2. The molecule has 1 aliphatic rings. The third-order valence-electron chi connectivity index (χ3n) is 6.75. The van der Waals surface area contributed by atoms with Crippen LogP contribution in [0, 0.1) is 10.2 Å². The first kappa shape index (κ1) is 27.9. The highest BCUT2D eigenvalue weighted by Gasteiger charge is 2.37. The van der Waals surface area contributed by atoms with Crippen molar-refractivity contribution in [3.05, 3.63) is 107 Å². The lowest BCUT2D eigenvalue weighted by Gasteiger charge is -2.23. The number of anilines is 1. The molecule has 0 atom stereocenters. The van der Waals surface area contributed by atoms with Crippen LogP contribution in [0.3, 0.4) is 0 Å². The maximum absolute atomic E-state index is 8.49. The summed E-state index contributed by atoms with van der Waals surface area (Å²) >= 11 is 6.41. The van der Waals surface area contributed by atoms with E-state index in [4.69, 9.17) is 30.2 Å². The summed E-state index contributed by atoms with van der Waals surface area (Å²) in [5, 5.41) is 0.741. The second-order valence-electron chi connectivity index (χ2n) is 9.40. The molecule has 2 heterocycles. The lowest BCUT2D eigenvalue weighted by atomic mass is 9.84.